The molecule has 3 aliphatic heterocycles. The second-order valence-electron chi connectivity index (χ2n) is 9.11. The highest BCUT2D eigenvalue weighted by atomic mass is 16.3. The van der Waals surface area contributed by atoms with Crippen LogP contribution in [0.4, 0.5) is 11.4 Å². The van der Waals surface area contributed by atoms with Crippen molar-refractivity contribution in [2.24, 2.45) is 0 Å². The SMILES string of the molecule is O=C(c1cnc[nH]1)N1CCCC(O)(CN2CCC3(CC2)Nc2ccccc2NC3=O)C1.O=CO. The molecule has 2 saturated heterocycles. The van der Waals surface area contributed by atoms with Gasteiger partial charge in [-0.3, -0.25) is 14.4 Å². The number of imidazole rings is 1. The van der Waals surface area contributed by atoms with E-state index in [-0.39, 0.29) is 18.3 Å². The molecule has 0 saturated carbocycles. The lowest BCUT2D eigenvalue weighted by molar-refractivity contribution is -0.123. The number of carbonyl (C=O) groups is 3. The first-order valence-corrected chi connectivity index (χ1v) is 11.4. The number of H-pyrrole nitrogens is 1. The lowest BCUT2D eigenvalue weighted by Crippen LogP contribution is -2.61. The number of β-amino-alcohol motifs (C(OH)–C–C–N with tert-alkyl or cyclic N) is 1. The predicted octanol–water partition coefficient (Wildman–Crippen LogP) is 0.976. The highest BCUT2D eigenvalue weighted by Crippen LogP contribution is 2.36. The van der Waals surface area contributed by atoms with Crippen molar-refractivity contribution in [3.8, 4) is 0 Å². The number of hydrogen-bond acceptors (Lipinski definition) is 7. The summed E-state index contributed by atoms with van der Waals surface area (Å²) in [5.41, 5.74) is 0.656. The molecule has 2 fully saturated rings. The molecule has 2 aromatic rings. The fraction of sp³-hybridized carbons (Fsp3) is 0.478. The van der Waals surface area contributed by atoms with Gasteiger partial charge in [-0.05, 0) is 37.8 Å². The molecule has 0 bridgehead atoms. The zero-order valence-electron chi connectivity index (χ0n) is 18.9. The van der Waals surface area contributed by atoms with Gasteiger partial charge in [-0.25, -0.2) is 4.98 Å². The van der Waals surface area contributed by atoms with Gasteiger partial charge in [-0.2, -0.15) is 0 Å². The minimum absolute atomic E-state index is 0.0126. The maximum atomic E-state index is 12.8. The van der Waals surface area contributed by atoms with Gasteiger partial charge in [-0.15, -0.1) is 0 Å². The lowest BCUT2D eigenvalue weighted by atomic mass is 9.83. The molecular formula is C23H30N6O5. The number of fused-ring (bicyclic) bond motifs is 1. The summed E-state index contributed by atoms with van der Waals surface area (Å²) in [6.07, 6.45) is 5.75. The third-order valence-electron chi connectivity index (χ3n) is 6.78. The van der Waals surface area contributed by atoms with Crippen LogP contribution in [-0.4, -0.2) is 92.1 Å². The second kappa shape index (κ2) is 9.82. The molecule has 5 N–H and O–H groups in total. The topological polar surface area (TPSA) is 151 Å². The van der Waals surface area contributed by atoms with Gasteiger partial charge >= 0.3 is 0 Å². The Morgan fingerprint density at radius 1 is 1.15 bits per heavy atom. The summed E-state index contributed by atoms with van der Waals surface area (Å²) in [4.78, 5) is 44.5. The van der Waals surface area contributed by atoms with Crippen LogP contribution in [0.1, 0.15) is 36.2 Å². The summed E-state index contributed by atoms with van der Waals surface area (Å²) in [5, 5.41) is 24.7. The summed E-state index contributed by atoms with van der Waals surface area (Å²) in [6.45, 7) is 2.60. The fourth-order valence-electron chi connectivity index (χ4n) is 5.08. The van der Waals surface area contributed by atoms with Gasteiger partial charge in [0.2, 0.25) is 5.91 Å². The molecule has 1 spiro atoms. The standard InChI is InChI=1S/C22H28N6O3.CH2O2/c29-19(18-12-23-15-24-18)28-9-3-6-21(31,14-28)13-27-10-7-22(8-11-27)20(30)25-16-4-1-2-5-17(16)26-22;2-1-3/h1-2,4-5,12,15,26,31H,3,6-11,13-14H2,(H,23,24)(H,25,30);1H,(H,2,3). The van der Waals surface area contributed by atoms with E-state index in [2.05, 4.69) is 25.5 Å². The van der Waals surface area contributed by atoms with Crippen molar-refractivity contribution >= 4 is 29.7 Å². The van der Waals surface area contributed by atoms with Gasteiger partial charge < -0.3 is 35.6 Å². The van der Waals surface area contributed by atoms with Crippen LogP contribution in [0.3, 0.4) is 0 Å². The molecular weight excluding hydrogens is 440 g/mol. The number of rotatable bonds is 3. The Labute approximate surface area is 197 Å². The number of para-hydroxylation sites is 2. The Morgan fingerprint density at radius 2 is 1.85 bits per heavy atom. The van der Waals surface area contributed by atoms with Gasteiger partial charge in [0, 0.05) is 26.2 Å². The van der Waals surface area contributed by atoms with Crippen LogP contribution < -0.4 is 10.6 Å². The minimum Gasteiger partial charge on any atom is -0.483 e. The van der Waals surface area contributed by atoms with Crippen molar-refractivity contribution in [2.45, 2.75) is 36.8 Å². The Balaban J connectivity index is 0.000000868. The lowest BCUT2D eigenvalue weighted by Gasteiger charge is -2.47. The Morgan fingerprint density at radius 3 is 2.53 bits per heavy atom. The second-order valence-corrected chi connectivity index (χ2v) is 9.11. The summed E-state index contributed by atoms with van der Waals surface area (Å²) in [5.74, 6) is -0.117. The van der Waals surface area contributed by atoms with E-state index in [1.807, 2.05) is 24.3 Å². The van der Waals surface area contributed by atoms with Crippen molar-refractivity contribution in [1.29, 1.82) is 0 Å². The van der Waals surface area contributed by atoms with E-state index in [0.717, 1.165) is 17.8 Å². The number of amides is 2. The van der Waals surface area contributed by atoms with E-state index in [1.54, 1.807) is 4.90 Å². The van der Waals surface area contributed by atoms with Gasteiger partial charge in [0.25, 0.3) is 12.4 Å². The number of likely N-dealkylation sites (tertiary alicyclic amines) is 2. The third-order valence-corrected chi connectivity index (χ3v) is 6.78. The van der Waals surface area contributed by atoms with E-state index < -0.39 is 11.1 Å². The summed E-state index contributed by atoms with van der Waals surface area (Å²) < 4.78 is 0. The smallest absolute Gasteiger partial charge is 0.290 e. The number of aromatic nitrogens is 2. The maximum absolute atomic E-state index is 12.8. The zero-order valence-corrected chi connectivity index (χ0v) is 18.9. The molecule has 11 heteroatoms. The van der Waals surface area contributed by atoms with Gasteiger partial charge in [0.05, 0.1) is 36.0 Å². The maximum Gasteiger partial charge on any atom is 0.290 e. The van der Waals surface area contributed by atoms with Crippen molar-refractivity contribution in [1.82, 2.24) is 19.8 Å². The van der Waals surface area contributed by atoms with E-state index in [9.17, 15) is 14.7 Å². The third kappa shape index (κ3) is 4.90. The number of aliphatic hydroxyl groups is 1. The quantitative estimate of drug-likeness (QED) is 0.417. The van der Waals surface area contributed by atoms with Crippen LogP contribution in [-0.2, 0) is 9.59 Å². The first-order chi connectivity index (χ1) is 16.4. The highest BCUT2D eigenvalue weighted by Gasteiger charge is 2.46. The molecule has 1 aromatic heterocycles. The first-order valence-electron chi connectivity index (χ1n) is 11.4. The predicted molar refractivity (Wildman–Crippen MR) is 124 cm³/mol. The van der Waals surface area contributed by atoms with Crippen LogP contribution in [0.15, 0.2) is 36.8 Å². The van der Waals surface area contributed by atoms with Crippen LogP contribution in [0, 0.1) is 0 Å². The molecule has 0 aliphatic carbocycles. The van der Waals surface area contributed by atoms with Crippen molar-refractivity contribution < 1.29 is 24.6 Å². The molecule has 2 amide bonds. The van der Waals surface area contributed by atoms with E-state index in [4.69, 9.17) is 9.90 Å². The first kappa shape index (κ1) is 23.7. The van der Waals surface area contributed by atoms with Crippen LogP contribution in [0.5, 0.6) is 0 Å². The Kier molecular flexibility index (Phi) is 6.85. The molecule has 0 radical (unpaired) electrons. The fourth-order valence-corrected chi connectivity index (χ4v) is 5.08. The average molecular weight is 471 g/mol. The molecule has 5 rings (SSSR count). The monoisotopic (exact) mass is 470 g/mol. The highest BCUT2D eigenvalue weighted by molar-refractivity contribution is 6.06. The average Bonchev–Trinajstić information content (AvgIpc) is 3.36. The summed E-state index contributed by atoms with van der Waals surface area (Å²) in [7, 11) is 0. The number of carbonyl (C=O) groups excluding carboxylic acids is 2. The van der Waals surface area contributed by atoms with Gasteiger partial charge in [0.15, 0.2) is 0 Å². The number of hydrogen-bond donors (Lipinski definition) is 5. The molecule has 34 heavy (non-hydrogen) atoms. The molecule has 182 valence electrons. The van der Waals surface area contributed by atoms with Crippen molar-refractivity contribution in [3.63, 3.8) is 0 Å². The normalized spacial score (nSPS) is 23.7. The Bertz CT molecular complexity index is 1020. The Hall–Kier alpha value is -3.44. The number of aromatic amines is 1. The van der Waals surface area contributed by atoms with Crippen LogP contribution >= 0.6 is 0 Å². The number of piperidine rings is 2. The largest absolute Gasteiger partial charge is 0.483 e. The van der Waals surface area contributed by atoms with E-state index in [0.29, 0.717) is 57.7 Å². The van der Waals surface area contributed by atoms with Gasteiger partial charge in [0.1, 0.15) is 11.2 Å². The minimum atomic E-state index is -0.951. The van der Waals surface area contributed by atoms with Gasteiger partial charge in [-0.1, -0.05) is 12.1 Å². The van der Waals surface area contributed by atoms with Crippen molar-refractivity contribution in [2.75, 3.05) is 43.4 Å². The summed E-state index contributed by atoms with van der Waals surface area (Å²) >= 11 is 0. The number of nitrogens with zero attached hydrogens (tertiary/aromatic N) is 3. The molecule has 3 aliphatic rings. The molecule has 1 unspecified atom stereocenters. The number of anilines is 2. The number of benzene rings is 1. The molecule has 11 nitrogen and oxygen atoms in total. The molecule has 1 aromatic carbocycles. The van der Waals surface area contributed by atoms with Crippen LogP contribution in [0.25, 0.3) is 0 Å². The zero-order chi connectivity index (χ0) is 24.2. The summed E-state index contributed by atoms with van der Waals surface area (Å²) in [6, 6.07) is 7.75. The van der Waals surface area contributed by atoms with E-state index in [1.165, 1.54) is 12.5 Å². The number of nitrogens with one attached hydrogen (secondary N) is 3. The van der Waals surface area contributed by atoms with E-state index >= 15 is 0 Å². The molecule has 4 heterocycles. The number of carboxylic acid groups (broad SMARTS) is 1. The molecule has 1 atom stereocenters. The van der Waals surface area contributed by atoms with Crippen LogP contribution in [0.2, 0.25) is 0 Å². The van der Waals surface area contributed by atoms with Crippen molar-refractivity contribution in [3.05, 3.63) is 42.5 Å².